The molecule has 5 rings (SSSR count). The van der Waals surface area contributed by atoms with Gasteiger partial charge in [-0.2, -0.15) is 0 Å². The lowest BCUT2D eigenvalue weighted by Gasteiger charge is -2.18. The molecular formula is C41H47N5O4. The zero-order chi connectivity index (χ0) is 35.5. The zero-order valence-electron chi connectivity index (χ0n) is 29.3. The second kappa shape index (κ2) is 17.4. The number of benzene rings is 3. The molecular weight excluding hydrogens is 626 g/mol. The van der Waals surface area contributed by atoms with E-state index in [2.05, 4.69) is 56.7 Å². The number of hydrogen-bond acceptors (Lipinski definition) is 6. The number of ether oxygens (including phenoxy) is 1. The lowest BCUT2D eigenvalue weighted by atomic mass is 10.0. The molecule has 0 spiro atoms. The van der Waals surface area contributed by atoms with Crippen LogP contribution in [-0.4, -0.2) is 45.7 Å². The van der Waals surface area contributed by atoms with Crippen LogP contribution in [0.3, 0.4) is 0 Å². The minimum atomic E-state index is -0.678. The van der Waals surface area contributed by atoms with Crippen molar-refractivity contribution in [2.24, 2.45) is 0 Å². The summed E-state index contributed by atoms with van der Waals surface area (Å²) in [7, 11) is 0. The minimum Gasteiger partial charge on any atom is -0.494 e. The normalized spacial score (nSPS) is 12.3. The number of aromatic nitrogens is 2. The van der Waals surface area contributed by atoms with Crippen LogP contribution in [0.25, 0.3) is 5.82 Å². The van der Waals surface area contributed by atoms with Gasteiger partial charge in [0.25, 0.3) is 5.91 Å². The Morgan fingerprint density at radius 1 is 0.840 bits per heavy atom. The van der Waals surface area contributed by atoms with Gasteiger partial charge in [-0.15, -0.1) is 0 Å². The van der Waals surface area contributed by atoms with Gasteiger partial charge in [0.1, 0.15) is 11.6 Å². The molecule has 2 atom stereocenters. The van der Waals surface area contributed by atoms with Crippen LogP contribution < -0.4 is 20.7 Å². The molecule has 9 nitrogen and oxygen atoms in total. The molecule has 2 heterocycles. The van der Waals surface area contributed by atoms with Crippen molar-refractivity contribution in [2.75, 3.05) is 13.2 Å². The van der Waals surface area contributed by atoms with Gasteiger partial charge >= 0.3 is 0 Å². The largest absolute Gasteiger partial charge is 0.494 e. The molecule has 9 heteroatoms. The predicted molar refractivity (Wildman–Crippen MR) is 196 cm³/mol. The third kappa shape index (κ3) is 9.90. The Bertz CT molecular complexity index is 1850. The third-order valence-corrected chi connectivity index (χ3v) is 8.63. The van der Waals surface area contributed by atoms with Crippen LogP contribution in [0.2, 0.25) is 0 Å². The van der Waals surface area contributed by atoms with Gasteiger partial charge in [0, 0.05) is 60.0 Å². The first-order valence-electron chi connectivity index (χ1n) is 17.1. The maximum atomic E-state index is 12.8. The third-order valence-electron chi connectivity index (χ3n) is 8.63. The Hall–Kier alpha value is -5.25. The monoisotopic (exact) mass is 673 g/mol. The lowest BCUT2D eigenvalue weighted by Crippen LogP contribution is -2.32. The van der Waals surface area contributed by atoms with Crippen LogP contribution in [-0.2, 0) is 30.7 Å². The summed E-state index contributed by atoms with van der Waals surface area (Å²) in [6.07, 6.45) is 2.08. The van der Waals surface area contributed by atoms with Crippen LogP contribution in [0.4, 0.5) is 0 Å². The van der Waals surface area contributed by atoms with Crippen molar-refractivity contribution >= 4 is 11.8 Å². The molecule has 0 aliphatic carbocycles. The summed E-state index contributed by atoms with van der Waals surface area (Å²) in [6.45, 7) is 9.81. The van der Waals surface area contributed by atoms with E-state index in [-0.39, 0.29) is 24.3 Å². The highest BCUT2D eigenvalue weighted by Crippen LogP contribution is 2.19. The van der Waals surface area contributed by atoms with Gasteiger partial charge in [0.05, 0.1) is 19.1 Å². The van der Waals surface area contributed by atoms with E-state index in [1.54, 1.807) is 18.3 Å². The van der Waals surface area contributed by atoms with Gasteiger partial charge < -0.3 is 30.4 Å². The highest BCUT2D eigenvalue weighted by Gasteiger charge is 2.13. The fraction of sp³-hybridized carbons (Fsp3) is 0.293. The van der Waals surface area contributed by atoms with E-state index in [1.807, 2.05) is 81.4 Å². The first kappa shape index (κ1) is 36.0. The summed E-state index contributed by atoms with van der Waals surface area (Å²) in [5.41, 5.74) is 7.42. The van der Waals surface area contributed by atoms with Crippen molar-refractivity contribution in [3.63, 3.8) is 0 Å². The minimum absolute atomic E-state index is 0.0760. The molecule has 3 aromatic carbocycles. The fourth-order valence-electron chi connectivity index (χ4n) is 5.93. The molecule has 0 fully saturated rings. The van der Waals surface area contributed by atoms with Crippen molar-refractivity contribution in [1.82, 2.24) is 25.5 Å². The number of amides is 2. The second-order valence-electron chi connectivity index (χ2n) is 12.6. The highest BCUT2D eigenvalue weighted by molar-refractivity contribution is 5.94. The Kier molecular flexibility index (Phi) is 12.6. The number of pyridine rings is 1. The van der Waals surface area contributed by atoms with Crippen molar-refractivity contribution in [1.29, 1.82) is 0 Å². The van der Waals surface area contributed by atoms with Gasteiger partial charge in [-0.05, 0) is 87.2 Å². The lowest BCUT2D eigenvalue weighted by molar-refractivity contribution is -0.120. The van der Waals surface area contributed by atoms with Crippen molar-refractivity contribution in [3.05, 3.63) is 148 Å². The fourth-order valence-corrected chi connectivity index (χ4v) is 5.93. The summed E-state index contributed by atoms with van der Waals surface area (Å²) in [6, 6.07) is 31.0. The number of aryl methyl sites for hydroxylation is 2. The topological polar surface area (TPSA) is 118 Å². The summed E-state index contributed by atoms with van der Waals surface area (Å²) < 4.78 is 7.73. The second-order valence-corrected chi connectivity index (χ2v) is 12.6. The molecule has 0 saturated carbocycles. The summed E-state index contributed by atoms with van der Waals surface area (Å²) in [5.74, 6) is 1.35. The number of nitrogens with zero attached hydrogens (tertiary/aromatic N) is 2. The Labute approximate surface area is 294 Å². The Morgan fingerprint density at radius 3 is 2.30 bits per heavy atom. The van der Waals surface area contributed by atoms with Gasteiger partial charge in [-0.3, -0.25) is 9.59 Å². The van der Waals surface area contributed by atoms with Crippen molar-refractivity contribution in [2.45, 2.75) is 65.8 Å². The van der Waals surface area contributed by atoms with Crippen LogP contribution in [0.1, 0.15) is 69.5 Å². The Balaban J connectivity index is 1.04. The Morgan fingerprint density at radius 2 is 1.58 bits per heavy atom. The van der Waals surface area contributed by atoms with Crippen LogP contribution in [0.15, 0.2) is 103 Å². The standard InChI is InChI=1S/C41H47N5O4/c1-5-50-38-12-7-6-11-36(38)26-45-41(49)34-17-15-31(16-18-34)24-44-40(48)23-33-10-8-9-32(22-33)21-28(2)42-27-37(47)35-19-20-39(43-25-35)46-29(3)13-14-30(46)4/h6-20,22,25,28,37,42,47H,5,21,23-24,26-27H2,1-4H3,(H,44,48)(H,45,49)/t28?,37-/m0/s1. The maximum Gasteiger partial charge on any atom is 0.251 e. The van der Waals surface area contributed by atoms with Crippen LogP contribution in [0.5, 0.6) is 5.75 Å². The molecule has 0 bridgehead atoms. The number of hydrogen-bond donors (Lipinski definition) is 4. The molecule has 0 radical (unpaired) electrons. The number of aliphatic hydroxyl groups excluding tert-OH is 1. The van der Waals surface area contributed by atoms with Crippen molar-refractivity contribution in [3.8, 4) is 11.6 Å². The molecule has 260 valence electrons. The maximum absolute atomic E-state index is 12.8. The van der Waals surface area contributed by atoms with E-state index >= 15 is 0 Å². The number of carbonyl (C=O) groups excluding carboxylic acids is 2. The number of para-hydroxylation sites is 1. The van der Waals surface area contributed by atoms with Gasteiger partial charge in [-0.25, -0.2) is 4.98 Å². The van der Waals surface area contributed by atoms with Crippen molar-refractivity contribution < 1.29 is 19.4 Å². The zero-order valence-corrected chi connectivity index (χ0v) is 29.3. The number of carbonyl (C=O) groups is 2. The predicted octanol–water partition coefficient (Wildman–Crippen LogP) is 5.93. The molecule has 2 amide bonds. The number of nitrogens with one attached hydrogen (secondary N) is 3. The van der Waals surface area contributed by atoms with Gasteiger partial charge in [0.15, 0.2) is 0 Å². The molecule has 50 heavy (non-hydrogen) atoms. The van der Waals surface area contributed by atoms with Crippen LogP contribution >= 0.6 is 0 Å². The average Bonchev–Trinajstić information content (AvgIpc) is 3.46. The van der Waals surface area contributed by atoms with E-state index in [9.17, 15) is 14.7 Å². The molecule has 0 aliphatic heterocycles. The van der Waals surface area contributed by atoms with E-state index in [0.717, 1.165) is 57.2 Å². The van der Waals surface area contributed by atoms with E-state index in [0.29, 0.717) is 31.8 Å². The average molecular weight is 674 g/mol. The molecule has 2 aromatic heterocycles. The molecule has 1 unspecified atom stereocenters. The summed E-state index contributed by atoms with van der Waals surface area (Å²) in [5, 5.41) is 20.2. The molecule has 5 aromatic rings. The summed E-state index contributed by atoms with van der Waals surface area (Å²) in [4.78, 5) is 30.1. The quantitative estimate of drug-likeness (QED) is 0.103. The van der Waals surface area contributed by atoms with E-state index in [4.69, 9.17) is 4.74 Å². The smallest absolute Gasteiger partial charge is 0.251 e. The van der Waals surface area contributed by atoms with Gasteiger partial charge in [0.2, 0.25) is 5.91 Å². The highest BCUT2D eigenvalue weighted by atomic mass is 16.5. The number of aliphatic hydroxyl groups is 1. The van der Waals surface area contributed by atoms with E-state index < -0.39 is 6.10 Å². The summed E-state index contributed by atoms with van der Waals surface area (Å²) >= 11 is 0. The SMILES string of the molecule is CCOc1ccccc1CNC(=O)c1ccc(CNC(=O)Cc2cccc(CC(C)NC[C@H](O)c3ccc(-n4c(C)ccc4C)nc3)c2)cc1. The first-order valence-corrected chi connectivity index (χ1v) is 17.1. The number of rotatable bonds is 16. The van der Waals surface area contributed by atoms with Gasteiger partial charge in [-0.1, -0.05) is 60.7 Å². The molecule has 0 aliphatic rings. The van der Waals surface area contributed by atoms with Crippen LogP contribution in [0, 0.1) is 13.8 Å². The first-order chi connectivity index (χ1) is 24.2. The molecule has 0 saturated heterocycles. The molecule has 4 N–H and O–H groups in total. The van der Waals surface area contributed by atoms with E-state index in [1.165, 1.54) is 0 Å².